The average Bonchev–Trinajstić information content (AvgIpc) is 2.42. The lowest BCUT2D eigenvalue weighted by Gasteiger charge is -2.33. The zero-order chi connectivity index (χ0) is 14.5. The van der Waals surface area contributed by atoms with Gasteiger partial charge in [-0.2, -0.15) is 0 Å². The van der Waals surface area contributed by atoms with Gasteiger partial charge in [-0.25, -0.2) is 0 Å². The number of amides is 1. The third-order valence-electron chi connectivity index (χ3n) is 3.23. The van der Waals surface area contributed by atoms with Crippen LogP contribution >= 0.6 is 23.2 Å². The zero-order valence-electron chi connectivity index (χ0n) is 10.9. The summed E-state index contributed by atoms with van der Waals surface area (Å²) in [6.07, 6.45) is 0. The number of piperazine rings is 1. The lowest BCUT2D eigenvalue weighted by molar-refractivity contribution is -0.123. The standard InChI is InChI=1S/C13H17Cl2N3O2/c14-9-2-1-3-10(15)12(9)20-7-6-18-5-4-17-8-11(18)13(16)19/h1-3,11,17H,4-8H2,(H2,16,19). The monoisotopic (exact) mass is 317 g/mol. The fraction of sp³-hybridized carbons (Fsp3) is 0.462. The lowest BCUT2D eigenvalue weighted by Crippen LogP contribution is -2.57. The quantitative estimate of drug-likeness (QED) is 0.854. The van der Waals surface area contributed by atoms with E-state index in [-0.39, 0.29) is 11.9 Å². The molecule has 1 saturated heterocycles. The van der Waals surface area contributed by atoms with Crippen molar-refractivity contribution in [3.8, 4) is 5.75 Å². The van der Waals surface area contributed by atoms with Crippen LogP contribution in [0.5, 0.6) is 5.75 Å². The van der Waals surface area contributed by atoms with E-state index >= 15 is 0 Å². The van der Waals surface area contributed by atoms with Crippen molar-refractivity contribution in [3.05, 3.63) is 28.2 Å². The van der Waals surface area contributed by atoms with Crippen molar-refractivity contribution in [2.45, 2.75) is 6.04 Å². The highest BCUT2D eigenvalue weighted by Gasteiger charge is 2.26. The number of nitrogens with one attached hydrogen (secondary N) is 1. The molecule has 0 radical (unpaired) electrons. The van der Waals surface area contributed by atoms with Crippen LogP contribution in [0.15, 0.2) is 18.2 Å². The van der Waals surface area contributed by atoms with E-state index in [2.05, 4.69) is 5.32 Å². The Labute approximate surface area is 128 Å². The molecular formula is C13H17Cl2N3O2. The minimum Gasteiger partial charge on any atom is -0.489 e. The summed E-state index contributed by atoms with van der Waals surface area (Å²) < 4.78 is 5.62. The summed E-state index contributed by atoms with van der Waals surface area (Å²) in [5.74, 6) is 0.148. The summed E-state index contributed by atoms with van der Waals surface area (Å²) in [5, 5.41) is 4.10. The van der Waals surface area contributed by atoms with Gasteiger partial charge in [0, 0.05) is 26.2 Å². The van der Waals surface area contributed by atoms with E-state index in [0.29, 0.717) is 35.5 Å². The van der Waals surface area contributed by atoms with Crippen LogP contribution in [0.3, 0.4) is 0 Å². The van der Waals surface area contributed by atoms with Crippen LogP contribution in [0, 0.1) is 0 Å². The summed E-state index contributed by atoms with van der Waals surface area (Å²) in [4.78, 5) is 13.4. The number of para-hydroxylation sites is 1. The van der Waals surface area contributed by atoms with Crippen LogP contribution in [0.2, 0.25) is 10.0 Å². The Morgan fingerprint density at radius 1 is 1.45 bits per heavy atom. The van der Waals surface area contributed by atoms with Gasteiger partial charge in [0.15, 0.2) is 5.75 Å². The molecular weight excluding hydrogens is 301 g/mol. The van der Waals surface area contributed by atoms with Crippen molar-refractivity contribution >= 4 is 29.1 Å². The Morgan fingerprint density at radius 3 is 2.80 bits per heavy atom. The molecule has 1 fully saturated rings. The van der Waals surface area contributed by atoms with Gasteiger partial charge in [-0.1, -0.05) is 29.3 Å². The number of halogens is 2. The van der Waals surface area contributed by atoms with Crippen molar-refractivity contribution in [1.29, 1.82) is 0 Å². The van der Waals surface area contributed by atoms with E-state index in [1.807, 2.05) is 4.90 Å². The number of nitrogens with zero attached hydrogens (tertiary/aromatic N) is 1. The number of hydrogen-bond donors (Lipinski definition) is 2. The fourth-order valence-electron chi connectivity index (χ4n) is 2.18. The van der Waals surface area contributed by atoms with Crippen molar-refractivity contribution in [2.75, 3.05) is 32.8 Å². The van der Waals surface area contributed by atoms with Gasteiger partial charge in [0.1, 0.15) is 12.6 Å². The smallest absolute Gasteiger partial charge is 0.236 e. The number of hydrogen-bond acceptors (Lipinski definition) is 4. The molecule has 5 nitrogen and oxygen atoms in total. The molecule has 1 unspecified atom stereocenters. The van der Waals surface area contributed by atoms with E-state index in [1.165, 1.54) is 0 Å². The minimum absolute atomic E-state index is 0.297. The van der Waals surface area contributed by atoms with Crippen LogP contribution in [0.1, 0.15) is 0 Å². The van der Waals surface area contributed by atoms with E-state index in [1.54, 1.807) is 18.2 Å². The van der Waals surface area contributed by atoms with Gasteiger partial charge in [-0.15, -0.1) is 0 Å². The number of ether oxygens (including phenoxy) is 1. The average molecular weight is 318 g/mol. The van der Waals surface area contributed by atoms with Crippen LogP contribution in [-0.4, -0.2) is 49.6 Å². The van der Waals surface area contributed by atoms with Crippen molar-refractivity contribution in [3.63, 3.8) is 0 Å². The van der Waals surface area contributed by atoms with Gasteiger partial charge in [0.2, 0.25) is 5.91 Å². The zero-order valence-corrected chi connectivity index (χ0v) is 12.5. The Kier molecular flexibility index (Phi) is 5.48. The second-order valence-electron chi connectivity index (χ2n) is 4.56. The number of primary amides is 1. The molecule has 0 aromatic heterocycles. The molecule has 3 N–H and O–H groups in total. The summed E-state index contributed by atoms with van der Waals surface area (Å²) >= 11 is 12.0. The lowest BCUT2D eigenvalue weighted by atomic mass is 10.2. The topological polar surface area (TPSA) is 67.6 Å². The third-order valence-corrected chi connectivity index (χ3v) is 3.82. The highest BCUT2D eigenvalue weighted by molar-refractivity contribution is 6.37. The molecule has 0 saturated carbocycles. The summed E-state index contributed by atoms with van der Waals surface area (Å²) in [6, 6.07) is 4.91. The number of benzene rings is 1. The first-order valence-corrected chi connectivity index (χ1v) is 7.16. The van der Waals surface area contributed by atoms with E-state index in [4.69, 9.17) is 33.7 Å². The molecule has 110 valence electrons. The molecule has 2 rings (SSSR count). The Balaban J connectivity index is 1.90. The summed E-state index contributed by atoms with van der Waals surface area (Å²) in [7, 11) is 0. The predicted octanol–water partition coefficient (Wildman–Crippen LogP) is 1.13. The first kappa shape index (κ1) is 15.4. The molecule has 1 aromatic rings. The first-order valence-electron chi connectivity index (χ1n) is 6.40. The first-order chi connectivity index (χ1) is 9.59. The van der Waals surface area contributed by atoms with Crippen LogP contribution in [0.25, 0.3) is 0 Å². The van der Waals surface area contributed by atoms with Crippen molar-refractivity contribution in [2.24, 2.45) is 5.73 Å². The molecule has 1 atom stereocenters. The number of carbonyl (C=O) groups is 1. The predicted molar refractivity (Wildman–Crippen MR) is 79.4 cm³/mol. The Morgan fingerprint density at radius 2 is 2.15 bits per heavy atom. The fourth-order valence-corrected chi connectivity index (χ4v) is 2.69. The molecule has 0 spiro atoms. The largest absolute Gasteiger partial charge is 0.489 e. The highest BCUT2D eigenvalue weighted by Crippen LogP contribution is 2.32. The second kappa shape index (κ2) is 7.13. The van der Waals surface area contributed by atoms with Crippen LogP contribution in [-0.2, 0) is 4.79 Å². The third kappa shape index (κ3) is 3.76. The van der Waals surface area contributed by atoms with Gasteiger partial charge in [0.05, 0.1) is 10.0 Å². The maximum atomic E-state index is 11.4. The van der Waals surface area contributed by atoms with Gasteiger partial charge < -0.3 is 15.8 Å². The van der Waals surface area contributed by atoms with Gasteiger partial charge >= 0.3 is 0 Å². The van der Waals surface area contributed by atoms with Crippen LogP contribution in [0.4, 0.5) is 0 Å². The van der Waals surface area contributed by atoms with Crippen LogP contribution < -0.4 is 15.8 Å². The van der Waals surface area contributed by atoms with E-state index in [0.717, 1.165) is 13.1 Å². The molecule has 20 heavy (non-hydrogen) atoms. The van der Waals surface area contributed by atoms with Crippen molar-refractivity contribution < 1.29 is 9.53 Å². The highest BCUT2D eigenvalue weighted by atomic mass is 35.5. The molecule has 1 heterocycles. The van der Waals surface area contributed by atoms with Gasteiger partial charge in [-0.05, 0) is 12.1 Å². The maximum Gasteiger partial charge on any atom is 0.236 e. The Hall–Kier alpha value is -1.01. The van der Waals surface area contributed by atoms with E-state index < -0.39 is 0 Å². The normalized spacial score (nSPS) is 19.8. The number of rotatable bonds is 5. The molecule has 1 aliphatic heterocycles. The molecule has 1 aromatic carbocycles. The van der Waals surface area contributed by atoms with Gasteiger partial charge in [0.25, 0.3) is 0 Å². The minimum atomic E-state index is -0.326. The second-order valence-corrected chi connectivity index (χ2v) is 5.37. The summed E-state index contributed by atoms with van der Waals surface area (Å²) in [5.41, 5.74) is 5.39. The van der Waals surface area contributed by atoms with Crippen molar-refractivity contribution in [1.82, 2.24) is 10.2 Å². The molecule has 1 amide bonds. The summed E-state index contributed by atoms with van der Waals surface area (Å²) in [6.45, 7) is 3.15. The Bertz CT molecular complexity index is 464. The molecule has 1 aliphatic rings. The molecule has 0 bridgehead atoms. The molecule has 0 aliphatic carbocycles. The number of carbonyl (C=O) groups excluding carboxylic acids is 1. The van der Waals surface area contributed by atoms with E-state index in [9.17, 15) is 4.79 Å². The number of nitrogens with two attached hydrogens (primary N) is 1. The van der Waals surface area contributed by atoms with Gasteiger partial charge in [-0.3, -0.25) is 9.69 Å². The molecule has 7 heteroatoms. The maximum absolute atomic E-state index is 11.4. The SMILES string of the molecule is NC(=O)C1CNCCN1CCOc1c(Cl)cccc1Cl.